The molecular weight excluding hydrogens is 216 g/mol. The molecule has 0 saturated heterocycles. The summed E-state index contributed by atoms with van der Waals surface area (Å²) in [5.41, 5.74) is 7.66. The predicted molar refractivity (Wildman–Crippen MR) is 68.2 cm³/mol. The van der Waals surface area contributed by atoms with E-state index in [1.807, 2.05) is 25.1 Å². The molecule has 0 heterocycles. The normalized spacial score (nSPS) is 12.1. The minimum atomic E-state index is -0.347. The highest BCUT2D eigenvalue weighted by Gasteiger charge is 2.23. The number of nitrogens with zero attached hydrogens (tertiary/aromatic N) is 1. The van der Waals surface area contributed by atoms with Crippen molar-refractivity contribution in [2.24, 2.45) is 5.73 Å². The Morgan fingerprint density at radius 3 is 2.59 bits per heavy atom. The van der Waals surface area contributed by atoms with E-state index in [-0.39, 0.29) is 18.4 Å². The maximum Gasteiger partial charge on any atom is 0.231 e. The van der Waals surface area contributed by atoms with Crippen molar-refractivity contribution in [3.63, 3.8) is 0 Å². The first-order valence-electron chi connectivity index (χ1n) is 5.57. The van der Waals surface area contributed by atoms with Gasteiger partial charge in [0.2, 0.25) is 5.91 Å². The lowest BCUT2D eigenvalue weighted by molar-refractivity contribution is -0.130. The van der Waals surface area contributed by atoms with Crippen LogP contribution in [0.15, 0.2) is 18.2 Å². The van der Waals surface area contributed by atoms with Crippen molar-refractivity contribution in [1.82, 2.24) is 4.90 Å². The number of aryl methyl sites for hydroxylation is 1. The SMILES string of the molecule is COc1ccc(C)cc1C(CN)C(=O)N(C)C. The van der Waals surface area contributed by atoms with E-state index in [4.69, 9.17) is 10.5 Å². The van der Waals surface area contributed by atoms with E-state index in [1.165, 1.54) is 0 Å². The molecule has 1 amide bonds. The summed E-state index contributed by atoms with van der Waals surface area (Å²) in [6.07, 6.45) is 0. The van der Waals surface area contributed by atoms with Crippen molar-refractivity contribution in [2.75, 3.05) is 27.7 Å². The summed E-state index contributed by atoms with van der Waals surface area (Å²) < 4.78 is 5.29. The van der Waals surface area contributed by atoms with Crippen LogP contribution in [0.3, 0.4) is 0 Å². The maximum atomic E-state index is 12.0. The van der Waals surface area contributed by atoms with Gasteiger partial charge >= 0.3 is 0 Å². The summed E-state index contributed by atoms with van der Waals surface area (Å²) in [6.45, 7) is 2.26. The molecule has 1 rings (SSSR count). The van der Waals surface area contributed by atoms with Crippen LogP contribution >= 0.6 is 0 Å². The van der Waals surface area contributed by atoms with Crippen LogP contribution in [0.25, 0.3) is 0 Å². The van der Waals surface area contributed by atoms with Gasteiger partial charge in [0.1, 0.15) is 5.75 Å². The number of hydrogen-bond acceptors (Lipinski definition) is 3. The number of carbonyl (C=O) groups excluding carboxylic acids is 1. The molecule has 94 valence electrons. The highest BCUT2D eigenvalue weighted by molar-refractivity contribution is 5.84. The number of likely N-dealkylation sites (N-methyl/N-ethyl adjacent to an activating group) is 1. The summed E-state index contributed by atoms with van der Waals surface area (Å²) >= 11 is 0. The smallest absolute Gasteiger partial charge is 0.231 e. The van der Waals surface area contributed by atoms with Gasteiger partial charge in [-0.15, -0.1) is 0 Å². The van der Waals surface area contributed by atoms with E-state index in [9.17, 15) is 4.79 Å². The highest BCUT2D eigenvalue weighted by atomic mass is 16.5. The molecule has 2 N–H and O–H groups in total. The Kier molecular flexibility index (Phi) is 4.52. The Morgan fingerprint density at radius 2 is 2.12 bits per heavy atom. The second kappa shape index (κ2) is 5.68. The summed E-state index contributed by atoms with van der Waals surface area (Å²) in [7, 11) is 5.06. The van der Waals surface area contributed by atoms with E-state index in [1.54, 1.807) is 26.1 Å². The molecule has 0 aliphatic carbocycles. The van der Waals surface area contributed by atoms with Crippen LogP contribution < -0.4 is 10.5 Å². The van der Waals surface area contributed by atoms with Crippen molar-refractivity contribution in [2.45, 2.75) is 12.8 Å². The highest BCUT2D eigenvalue weighted by Crippen LogP contribution is 2.28. The first-order chi connectivity index (χ1) is 8.01. The Balaban J connectivity index is 3.19. The van der Waals surface area contributed by atoms with Gasteiger partial charge in [0.05, 0.1) is 13.0 Å². The Labute approximate surface area is 102 Å². The standard InChI is InChI=1S/C13H20N2O2/c1-9-5-6-12(17-4)10(7-9)11(8-14)13(16)15(2)3/h5-7,11H,8,14H2,1-4H3. The van der Waals surface area contributed by atoms with Gasteiger partial charge in [0, 0.05) is 26.2 Å². The summed E-state index contributed by atoms with van der Waals surface area (Å²) in [5.74, 6) is 0.359. The zero-order valence-electron chi connectivity index (χ0n) is 10.9. The van der Waals surface area contributed by atoms with Gasteiger partial charge in [-0.1, -0.05) is 17.7 Å². The van der Waals surface area contributed by atoms with E-state index >= 15 is 0 Å². The average molecular weight is 236 g/mol. The fourth-order valence-electron chi connectivity index (χ4n) is 1.80. The lowest BCUT2D eigenvalue weighted by Crippen LogP contribution is -2.32. The van der Waals surface area contributed by atoms with Gasteiger partial charge in [-0.25, -0.2) is 0 Å². The number of ether oxygens (including phenoxy) is 1. The number of carbonyl (C=O) groups is 1. The quantitative estimate of drug-likeness (QED) is 0.852. The third-order valence-corrected chi connectivity index (χ3v) is 2.74. The molecule has 0 radical (unpaired) electrons. The lowest BCUT2D eigenvalue weighted by Gasteiger charge is -2.21. The maximum absolute atomic E-state index is 12.0. The zero-order chi connectivity index (χ0) is 13.0. The third-order valence-electron chi connectivity index (χ3n) is 2.74. The van der Waals surface area contributed by atoms with E-state index < -0.39 is 0 Å². The summed E-state index contributed by atoms with van der Waals surface area (Å²) in [6, 6.07) is 5.78. The third kappa shape index (κ3) is 2.97. The van der Waals surface area contributed by atoms with Crippen molar-refractivity contribution >= 4 is 5.91 Å². The monoisotopic (exact) mass is 236 g/mol. The van der Waals surface area contributed by atoms with E-state index in [2.05, 4.69) is 0 Å². The Hall–Kier alpha value is -1.55. The van der Waals surface area contributed by atoms with Gasteiger partial charge in [-0.05, 0) is 13.0 Å². The number of nitrogens with two attached hydrogens (primary N) is 1. The molecule has 0 aromatic heterocycles. The minimum absolute atomic E-state index is 0.00333. The number of rotatable bonds is 4. The van der Waals surface area contributed by atoms with E-state index in [0.717, 1.165) is 11.1 Å². The van der Waals surface area contributed by atoms with Crippen molar-refractivity contribution in [3.05, 3.63) is 29.3 Å². The molecule has 0 aliphatic heterocycles. The lowest BCUT2D eigenvalue weighted by atomic mass is 9.95. The summed E-state index contributed by atoms with van der Waals surface area (Å²) in [5, 5.41) is 0. The van der Waals surface area contributed by atoms with Gasteiger partial charge < -0.3 is 15.4 Å². The van der Waals surface area contributed by atoms with Crippen LogP contribution in [0.1, 0.15) is 17.0 Å². The molecule has 0 saturated carbocycles. The molecule has 4 heteroatoms. The van der Waals surface area contributed by atoms with Crippen LogP contribution in [0, 0.1) is 6.92 Å². The van der Waals surface area contributed by atoms with Crippen LogP contribution in [0.5, 0.6) is 5.75 Å². The van der Waals surface area contributed by atoms with Crippen LogP contribution in [0.4, 0.5) is 0 Å². The van der Waals surface area contributed by atoms with Crippen LogP contribution in [-0.2, 0) is 4.79 Å². The molecule has 0 bridgehead atoms. The molecule has 1 aromatic rings. The minimum Gasteiger partial charge on any atom is -0.496 e. The predicted octanol–water partition coefficient (Wildman–Crippen LogP) is 1.13. The fraction of sp³-hybridized carbons (Fsp3) is 0.462. The van der Waals surface area contributed by atoms with Gasteiger partial charge in [-0.2, -0.15) is 0 Å². The Bertz CT molecular complexity index is 402. The molecular formula is C13H20N2O2. The van der Waals surface area contributed by atoms with Crippen molar-refractivity contribution in [3.8, 4) is 5.75 Å². The average Bonchev–Trinajstić information content (AvgIpc) is 2.30. The molecule has 17 heavy (non-hydrogen) atoms. The molecule has 1 unspecified atom stereocenters. The van der Waals surface area contributed by atoms with Crippen molar-refractivity contribution in [1.29, 1.82) is 0 Å². The molecule has 4 nitrogen and oxygen atoms in total. The Morgan fingerprint density at radius 1 is 1.47 bits per heavy atom. The van der Waals surface area contributed by atoms with Crippen molar-refractivity contribution < 1.29 is 9.53 Å². The molecule has 1 aromatic carbocycles. The van der Waals surface area contributed by atoms with Crippen LogP contribution in [-0.4, -0.2) is 38.6 Å². The fourth-order valence-corrected chi connectivity index (χ4v) is 1.80. The first-order valence-corrected chi connectivity index (χ1v) is 5.57. The zero-order valence-corrected chi connectivity index (χ0v) is 10.9. The number of amides is 1. The first kappa shape index (κ1) is 13.5. The second-order valence-corrected chi connectivity index (χ2v) is 4.27. The van der Waals surface area contributed by atoms with Gasteiger partial charge in [0.15, 0.2) is 0 Å². The second-order valence-electron chi connectivity index (χ2n) is 4.27. The molecule has 0 aliphatic rings. The topological polar surface area (TPSA) is 55.6 Å². The van der Waals surface area contributed by atoms with E-state index in [0.29, 0.717) is 5.75 Å². The number of benzene rings is 1. The molecule has 0 spiro atoms. The van der Waals surface area contributed by atoms with Gasteiger partial charge in [0.25, 0.3) is 0 Å². The number of methoxy groups -OCH3 is 1. The summed E-state index contributed by atoms with van der Waals surface area (Å²) in [4.78, 5) is 13.6. The van der Waals surface area contributed by atoms with Crippen LogP contribution in [0.2, 0.25) is 0 Å². The number of hydrogen-bond donors (Lipinski definition) is 1. The van der Waals surface area contributed by atoms with Gasteiger partial charge in [-0.3, -0.25) is 4.79 Å². The molecule has 0 fully saturated rings. The molecule has 1 atom stereocenters. The largest absolute Gasteiger partial charge is 0.496 e.